The number of nitriles is 1. The molecular formula is C34H49F4N5O6. The van der Waals surface area contributed by atoms with Crippen LogP contribution in [0, 0.1) is 22.2 Å². The topological polar surface area (TPSA) is 141 Å². The maximum atomic E-state index is 13.4. The quantitative estimate of drug-likeness (QED) is 0.143. The zero-order valence-corrected chi connectivity index (χ0v) is 28.3. The van der Waals surface area contributed by atoms with Gasteiger partial charge in [-0.25, -0.2) is 17.6 Å². The van der Waals surface area contributed by atoms with E-state index >= 15 is 0 Å². The van der Waals surface area contributed by atoms with Crippen LogP contribution in [0.15, 0.2) is 0 Å². The number of fused-ring (bicyclic) bond motifs is 6. The summed E-state index contributed by atoms with van der Waals surface area (Å²) in [5, 5.41) is 15.0. The highest BCUT2D eigenvalue weighted by Gasteiger charge is 2.55. The van der Waals surface area contributed by atoms with E-state index < -0.39 is 35.3 Å². The second kappa shape index (κ2) is 14.4. The van der Waals surface area contributed by atoms with E-state index in [9.17, 15) is 36.7 Å². The SMILES string of the molecule is CN1CC(F)(F)CC1C#N.O=CCNC12CCC(C(=O)OCCOC(=O)C34CCC(NCC(=O)N5CCC(F)(F)C5)(CC3)CC4)(CC1)CC2. The van der Waals surface area contributed by atoms with Gasteiger partial charge in [-0.2, -0.15) is 5.26 Å². The number of nitrogens with one attached hydrogen (secondary N) is 2. The summed E-state index contributed by atoms with van der Waals surface area (Å²) in [5.74, 6) is -6.21. The van der Waals surface area contributed by atoms with E-state index in [1.54, 1.807) is 0 Å². The lowest BCUT2D eigenvalue weighted by Gasteiger charge is -2.52. The van der Waals surface area contributed by atoms with Crippen LogP contribution in [0.5, 0.6) is 0 Å². The zero-order valence-electron chi connectivity index (χ0n) is 28.3. The number of nitrogens with zero attached hydrogens (tertiary/aromatic N) is 3. The fourth-order valence-electron chi connectivity index (χ4n) is 8.79. The van der Waals surface area contributed by atoms with E-state index in [-0.39, 0.29) is 74.6 Å². The van der Waals surface area contributed by atoms with Crippen molar-refractivity contribution in [3.05, 3.63) is 0 Å². The molecule has 2 N–H and O–H groups in total. The molecule has 0 aromatic heterocycles. The summed E-state index contributed by atoms with van der Waals surface area (Å²) in [5.41, 5.74) is -1.29. The van der Waals surface area contributed by atoms with Crippen molar-refractivity contribution in [2.45, 2.75) is 119 Å². The molecule has 2 heterocycles. The standard InChI is InChI=1S/C28H41F2N3O6.C6H8F2N2/c29-28(30)13-15-33(20-28)21(35)19-32-27-10-4-25(5-11-27,6-12-27)23(37)39-18-17-38-22(36)24-1-7-26(8-2-24,9-3-24)31-14-16-34;1-10-4-6(7,8)2-5(10)3-9/h16,31-32H,1-15,17-20H2;5H,2,4H2,1H3. The number of halogens is 4. The minimum atomic E-state index is -2.80. The Bertz CT molecular complexity index is 1260. The molecule has 274 valence electrons. The smallest absolute Gasteiger partial charge is 0.312 e. The first kappa shape index (κ1) is 37.4. The molecule has 2 aliphatic heterocycles. The zero-order chi connectivity index (χ0) is 35.6. The largest absolute Gasteiger partial charge is 0.462 e. The lowest BCUT2D eigenvalue weighted by Crippen LogP contribution is -2.58. The molecule has 0 aromatic carbocycles. The molecule has 0 aromatic rings. The normalized spacial score (nSPS) is 35.6. The summed E-state index contributed by atoms with van der Waals surface area (Å²) in [6.45, 7) is -0.254. The van der Waals surface area contributed by atoms with Gasteiger partial charge in [0, 0.05) is 30.5 Å². The van der Waals surface area contributed by atoms with Gasteiger partial charge >= 0.3 is 11.9 Å². The van der Waals surface area contributed by atoms with Crippen molar-refractivity contribution in [1.29, 1.82) is 5.26 Å². The number of carbonyl (C=O) groups excluding carboxylic acids is 4. The van der Waals surface area contributed by atoms with Crippen LogP contribution < -0.4 is 10.6 Å². The Morgan fingerprint density at radius 3 is 1.63 bits per heavy atom. The second-order valence-electron chi connectivity index (χ2n) is 15.3. The van der Waals surface area contributed by atoms with Gasteiger partial charge in [0.15, 0.2) is 0 Å². The van der Waals surface area contributed by atoms with Crippen molar-refractivity contribution in [2.75, 3.05) is 53.0 Å². The predicted octanol–water partition coefficient (Wildman–Crippen LogP) is 3.35. The maximum Gasteiger partial charge on any atom is 0.312 e. The van der Waals surface area contributed by atoms with Crippen molar-refractivity contribution in [3.8, 4) is 6.07 Å². The van der Waals surface area contributed by atoms with Gasteiger partial charge in [-0.1, -0.05) is 0 Å². The number of rotatable bonds is 11. The van der Waals surface area contributed by atoms with Crippen molar-refractivity contribution in [2.24, 2.45) is 10.8 Å². The first-order valence-electron chi connectivity index (χ1n) is 17.5. The van der Waals surface area contributed by atoms with Crippen molar-refractivity contribution in [3.63, 3.8) is 0 Å². The third-order valence-electron chi connectivity index (χ3n) is 12.3. The van der Waals surface area contributed by atoms with Crippen molar-refractivity contribution in [1.82, 2.24) is 20.4 Å². The first-order chi connectivity index (χ1) is 23.1. The Hall–Kier alpha value is -2.83. The van der Waals surface area contributed by atoms with Crippen LogP contribution >= 0.6 is 0 Å². The van der Waals surface area contributed by atoms with E-state index in [2.05, 4.69) is 10.6 Å². The third kappa shape index (κ3) is 8.39. The molecule has 0 radical (unpaired) electrons. The number of alkyl halides is 4. The lowest BCUT2D eigenvalue weighted by molar-refractivity contribution is -0.173. The minimum absolute atomic E-state index is 0.0333. The Labute approximate surface area is 284 Å². The second-order valence-corrected chi connectivity index (χ2v) is 15.3. The van der Waals surface area contributed by atoms with Gasteiger partial charge in [0.05, 0.1) is 43.1 Å². The molecule has 2 saturated heterocycles. The van der Waals surface area contributed by atoms with E-state index in [0.717, 1.165) is 64.1 Å². The van der Waals surface area contributed by atoms with Crippen LogP contribution in [-0.2, 0) is 28.7 Å². The van der Waals surface area contributed by atoms with E-state index in [0.29, 0.717) is 25.8 Å². The minimum Gasteiger partial charge on any atom is -0.462 e. The Balaban J connectivity index is 0.000000402. The first-order valence-corrected chi connectivity index (χ1v) is 17.5. The molecule has 15 heteroatoms. The molecule has 8 aliphatic rings. The molecule has 1 unspecified atom stereocenters. The molecule has 8 fully saturated rings. The number of hydrogen-bond acceptors (Lipinski definition) is 10. The van der Waals surface area contributed by atoms with Crippen molar-refractivity contribution >= 4 is 24.1 Å². The summed E-state index contributed by atoms with van der Waals surface area (Å²) in [6, 6.07) is 1.21. The molecule has 8 rings (SSSR count). The number of hydrogen-bond donors (Lipinski definition) is 2. The predicted molar refractivity (Wildman–Crippen MR) is 167 cm³/mol. The molecule has 49 heavy (non-hydrogen) atoms. The summed E-state index contributed by atoms with van der Waals surface area (Å²) < 4.78 is 62.9. The van der Waals surface area contributed by atoms with Crippen molar-refractivity contribution < 1.29 is 46.2 Å². The number of likely N-dealkylation sites (tertiary alicyclic amines) is 2. The molecule has 6 aliphatic carbocycles. The highest BCUT2D eigenvalue weighted by molar-refractivity contribution is 5.79. The molecular weight excluding hydrogens is 650 g/mol. The number of amides is 1. The third-order valence-corrected chi connectivity index (χ3v) is 12.3. The fraction of sp³-hybridized carbons (Fsp3) is 0.853. The average molecular weight is 700 g/mol. The number of aldehydes is 1. The van der Waals surface area contributed by atoms with E-state index in [1.165, 1.54) is 16.8 Å². The fourth-order valence-corrected chi connectivity index (χ4v) is 8.79. The van der Waals surface area contributed by atoms with Crippen LogP contribution in [0.25, 0.3) is 0 Å². The molecule has 0 spiro atoms. The van der Waals surface area contributed by atoms with Crippen LogP contribution in [0.4, 0.5) is 17.6 Å². The monoisotopic (exact) mass is 699 g/mol. The number of ether oxygens (including phenoxy) is 2. The van der Waals surface area contributed by atoms with Crippen LogP contribution in [0.3, 0.4) is 0 Å². The van der Waals surface area contributed by atoms with Gasteiger partial charge in [-0.3, -0.25) is 19.3 Å². The Kier molecular flexibility index (Phi) is 11.0. The van der Waals surface area contributed by atoms with Crippen LogP contribution in [0.1, 0.15) is 89.9 Å². The molecule has 6 saturated carbocycles. The Morgan fingerprint density at radius 2 is 1.27 bits per heavy atom. The van der Waals surface area contributed by atoms with Gasteiger partial charge in [0.25, 0.3) is 11.8 Å². The summed E-state index contributed by atoms with van der Waals surface area (Å²) in [4.78, 5) is 51.7. The average Bonchev–Trinajstić information content (AvgIpc) is 3.61. The molecule has 1 atom stereocenters. The lowest BCUT2D eigenvalue weighted by atomic mass is 9.57. The van der Waals surface area contributed by atoms with Gasteiger partial charge in [0.2, 0.25) is 5.91 Å². The summed E-state index contributed by atoms with van der Waals surface area (Å²) in [6.07, 6.45) is 9.20. The van der Waals surface area contributed by atoms with Gasteiger partial charge in [0.1, 0.15) is 25.5 Å². The summed E-state index contributed by atoms with van der Waals surface area (Å²) >= 11 is 0. The van der Waals surface area contributed by atoms with Gasteiger partial charge in [-0.05, 0) is 84.1 Å². The molecule has 1 amide bonds. The Morgan fingerprint density at radius 1 is 0.776 bits per heavy atom. The maximum absolute atomic E-state index is 13.4. The molecule has 11 nitrogen and oxygen atoms in total. The highest BCUT2D eigenvalue weighted by atomic mass is 19.3. The van der Waals surface area contributed by atoms with Gasteiger partial charge in [-0.15, -0.1) is 0 Å². The number of esters is 2. The van der Waals surface area contributed by atoms with E-state index in [4.69, 9.17) is 14.7 Å². The van der Waals surface area contributed by atoms with Crippen LogP contribution in [-0.4, -0.2) is 116 Å². The molecule has 4 bridgehead atoms. The van der Waals surface area contributed by atoms with Gasteiger partial charge < -0.3 is 29.8 Å². The van der Waals surface area contributed by atoms with E-state index in [1.807, 2.05) is 6.07 Å². The summed E-state index contributed by atoms with van der Waals surface area (Å²) in [7, 11) is 1.54. The van der Waals surface area contributed by atoms with Crippen LogP contribution in [0.2, 0.25) is 0 Å². The number of carbonyl (C=O) groups is 4. The highest BCUT2D eigenvalue weighted by Crippen LogP contribution is 2.54.